The Labute approximate surface area is 176 Å². The minimum atomic E-state index is 0.436. The summed E-state index contributed by atoms with van der Waals surface area (Å²) in [5, 5.41) is 7.21. The predicted molar refractivity (Wildman–Crippen MR) is 118 cm³/mol. The van der Waals surface area contributed by atoms with Crippen molar-refractivity contribution in [1.29, 1.82) is 0 Å². The number of halogens is 1. The number of anilines is 2. The Kier molecular flexibility index (Phi) is 7.13. The van der Waals surface area contributed by atoms with E-state index in [1.165, 1.54) is 5.56 Å². The van der Waals surface area contributed by atoms with E-state index < -0.39 is 0 Å². The highest BCUT2D eigenvalue weighted by molar-refractivity contribution is 9.10. The molecular weight excluding hydrogens is 418 g/mol. The van der Waals surface area contributed by atoms with Crippen LogP contribution in [-0.4, -0.2) is 43.3 Å². The molecule has 0 spiro atoms. The lowest BCUT2D eigenvalue weighted by atomic mass is 9.91. The Morgan fingerprint density at radius 2 is 1.89 bits per heavy atom. The molecule has 0 bridgehead atoms. The number of aromatic nitrogens is 2. The minimum absolute atomic E-state index is 0.436. The zero-order chi connectivity index (χ0) is 20.1. The average Bonchev–Trinajstić information content (AvgIpc) is 2.69. The Hall–Kier alpha value is -1.86. The molecule has 1 saturated carbocycles. The second kappa shape index (κ2) is 9.56. The van der Waals surface area contributed by atoms with E-state index in [9.17, 15) is 0 Å². The fourth-order valence-corrected chi connectivity index (χ4v) is 4.25. The van der Waals surface area contributed by atoms with Crippen LogP contribution in [0.5, 0.6) is 5.75 Å². The van der Waals surface area contributed by atoms with Crippen LogP contribution in [0.2, 0.25) is 0 Å². The van der Waals surface area contributed by atoms with Crippen LogP contribution in [0.3, 0.4) is 0 Å². The van der Waals surface area contributed by atoms with Gasteiger partial charge in [0, 0.05) is 44.5 Å². The van der Waals surface area contributed by atoms with Gasteiger partial charge in [-0.1, -0.05) is 6.07 Å². The lowest BCUT2D eigenvalue weighted by Crippen LogP contribution is -2.37. The smallest absolute Gasteiger partial charge is 0.224 e. The van der Waals surface area contributed by atoms with Crippen LogP contribution in [0.1, 0.15) is 36.8 Å². The third-order valence-corrected chi connectivity index (χ3v) is 5.86. The number of nitrogens with zero attached hydrogens (tertiary/aromatic N) is 3. The van der Waals surface area contributed by atoms with Crippen molar-refractivity contribution in [2.24, 2.45) is 0 Å². The predicted octanol–water partition coefficient (Wildman–Crippen LogP) is 4.14. The Balaban J connectivity index is 1.47. The zero-order valence-corrected chi connectivity index (χ0v) is 18.7. The van der Waals surface area contributed by atoms with Gasteiger partial charge in [0.05, 0.1) is 11.6 Å². The van der Waals surface area contributed by atoms with Gasteiger partial charge >= 0.3 is 0 Å². The second-order valence-electron chi connectivity index (χ2n) is 7.64. The molecule has 1 aromatic heterocycles. The van der Waals surface area contributed by atoms with Crippen molar-refractivity contribution in [3.63, 3.8) is 0 Å². The summed E-state index contributed by atoms with van der Waals surface area (Å²) >= 11 is 3.56. The Morgan fingerprint density at radius 3 is 2.54 bits per heavy atom. The minimum Gasteiger partial charge on any atom is -0.496 e. The van der Waals surface area contributed by atoms with Gasteiger partial charge in [-0.15, -0.1) is 0 Å². The van der Waals surface area contributed by atoms with Crippen LogP contribution in [0, 0.1) is 6.92 Å². The van der Waals surface area contributed by atoms with E-state index in [0.29, 0.717) is 12.1 Å². The molecule has 7 heteroatoms. The molecule has 6 nitrogen and oxygen atoms in total. The number of aryl methyl sites for hydroxylation is 1. The molecule has 0 radical (unpaired) electrons. The lowest BCUT2D eigenvalue weighted by molar-refractivity contribution is 0.352. The van der Waals surface area contributed by atoms with Gasteiger partial charge in [0.1, 0.15) is 11.6 Å². The van der Waals surface area contributed by atoms with Crippen LogP contribution in [0.25, 0.3) is 0 Å². The van der Waals surface area contributed by atoms with E-state index in [-0.39, 0.29) is 0 Å². The topological polar surface area (TPSA) is 62.3 Å². The maximum absolute atomic E-state index is 5.29. The molecule has 152 valence electrons. The number of nitrogens with one attached hydrogen (secondary N) is 2. The molecule has 0 amide bonds. The van der Waals surface area contributed by atoms with Gasteiger partial charge in [-0.05, 0) is 66.2 Å². The van der Waals surface area contributed by atoms with E-state index in [1.807, 2.05) is 38.2 Å². The molecule has 2 N–H and O–H groups in total. The molecular formula is C21H30BrN5O. The van der Waals surface area contributed by atoms with Gasteiger partial charge in [-0.25, -0.2) is 4.98 Å². The van der Waals surface area contributed by atoms with Gasteiger partial charge in [0.25, 0.3) is 0 Å². The molecule has 1 aliphatic rings. The van der Waals surface area contributed by atoms with Crippen LogP contribution < -0.4 is 20.3 Å². The molecule has 2 aromatic rings. The number of rotatable bonds is 7. The lowest BCUT2D eigenvalue weighted by Gasteiger charge is -2.30. The van der Waals surface area contributed by atoms with Gasteiger partial charge in [0.2, 0.25) is 5.95 Å². The first-order chi connectivity index (χ1) is 13.5. The first-order valence-electron chi connectivity index (χ1n) is 9.79. The highest BCUT2D eigenvalue weighted by Crippen LogP contribution is 2.26. The first-order valence-corrected chi connectivity index (χ1v) is 10.6. The number of hydrogen-bond donors (Lipinski definition) is 2. The van der Waals surface area contributed by atoms with Crippen LogP contribution in [-0.2, 0) is 6.54 Å². The molecule has 3 rings (SSSR count). The molecule has 1 aromatic carbocycles. The molecule has 1 heterocycles. The highest BCUT2D eigenvalue weighted by atomic mass is 79.9. The van der Waals surface area contributed by atoms with E-state index in [0.717, 1.165) is 59.8 Å². The summed E-state index contributed by atoms with van der Waals surface area (Å²) in [6.07, 6.45) is 6.45. The standard InChI is InChI=1S/C21H30BrN5O/c1-14-12-24-21(26-20(14)27(2)3)25-17-8-6-16(7-9-17)23-13-15-5-10-19(28-4)18(22)11-15/h5,10-12,16-17,23H,6-9,13H2,1-4H3,(H,24,25,26). The fourth-order valence-electron chi connectivity index (χ4n) is 3.66. The van der Waals surface area contributed by atoms with Gasteiger partial charge in [-0.3, -0.25) is 0 Å². The average molecular weight is 448 g/mol. The zero-order valence-electron chi connectivity index (χ0n) is 17.1. The normalized spacial score (nSPS) is 19.3. The van der Waals surface area contributed by atoms with Crippen molar-refractivity contribution in [1.82, 2.24) is 15.3 Å². The maximum atomic E-state index is 5.29. The van der Waals surface area contributed by atoms with Gasteiger partial charge in [0.15, 0.2) is 0 Å². The molecule has 1 fully saturated rings. The molecule has 0 atom stereocenters. The summed E-state index contributed by atoms with van der Waals surface area (Å²) in [6.45, 7) is 2.91. The van der Waals surface area contributed by atoms with Crippen molar-refractivity contribution >= 4 is 27.7 Å². The largest absolute Gasteiger partial charge is 0.496 e. The van der Waals surface area contributed by atoms with Crippen molar-refractivity contribution in [3.05, 3.63) is 40.0 Å². The van der Waals surface area contributed by atoms with E-state index in [1.54, 1.807) is 7.11 Å². The number of methoxy groups -OCH3 is 1. The fraction of sp³-hybridized carbons (Fsp3) is 0.524. The van der Waals surface area contributed by atoms with Crippen molar-refractivity contribution in [3.8, 4) is 5.75 Å². The molecule has 28 heavy (non-hydrogen) atoms. The van der Waals surface area contributed by atoms with Crippen molar-refractivity contribution in [2.45, 2.75) is 51.2 Å². The van der Waals surface area contributed by atoms with Crippen LogP contribution in [0.15, 0.2) is 28.9 Å². The van der Waals surface area contributed by atoms with Crippen LogP contribution in [0.4, 0.5) is 11.8 Å². The molecule has 1 aliphatic carbocycles. The monoisotopic (exact) mass is 447 g/mol. The highest BCUT2D eigenvalue weighted by Gasteiger charge is 2.21. The van der Waals surface area contributed by atoms with Crippen molar-refractivity contribution in [2.75, 3.05) is 31.4 Å². The summed E-state index contributed by atoms with van der Waals surface area (Å²) in [5.41, 5.74) is 2.35. The quantitative estimate of drug-likeness (QED) is 0.664. The summed E-state index contributed by atoms with van der Waals surface area (Å²) in [5.74, 6) is 2.57. The third-order valence-electron chi connectivity index (χ3n) is 5.24. The molecule has 0 saturated heterocycles. The first kappa shape index (κ1) is 20.9. The van der Waals surface area contributed by atoms with Crippen molar-refractivity contribution < 1.29 is 4.74 Å². The van der Waals surface area contributed by atoms with E-state index in [2.05, 4.69) is 48.7 Å². The molecule has 0 unspecified atom stereocenters. The summed E-state index contributed by atoms with van der Waals surface area (Å²) < 4.78 is 6.29. The maximum Gasteiger partial charge on any atom is 0.224 e. The number of ether oxygens (including phenoxy) is 1. The number of benzene rings is 1. The Bertz CT molecular complexity index is 790. The van der Waals surface area contributed by atoms with Gasteiger partial charge < -0.3 is 20.3 Å². The number of hydrogen-bond acceptors (Lipinski definition) is 6. The summed E-state index contributed by atoms with van der Waals surface area (Å²) in [6, 6.07) is 7.23. The second-order valence-corrected chi connectivity index (χ2v) is 8.49. The SMILES string of the molecule is COc1ccc(CNC2CCC(Nc3ncc(C)c(N(C)C)n3)CC2)cc1Br. The molecule has 0 aliphatic heterocycles. The van der Waals surface area contributed by atoms with Gasteiger partial charge in [-0.2, -0.15) is 4.98 Å². The third kappa shape index (κ3) is 5.35. The van der Waals surface area contributed by atoms with E-state index >= 15 is 0 Å². The Morgan fingerprint density at radius 1 is 1.18 bits per heavy atom. The summed E-state index contributed by atoms with van der Waals surface area (Å²) in [4.78, 5) is 11.1. The van der Waals surface area contributed by atoms with E-state index in [4.69, 9.17) is 4.74 Å². The van der Waals surface area contributed by atoms with Crippen LogP contribution >= 0.6 is 15.9 Å². The summed E-state index contributed by atoms with van der Waals surface area (Å²) in [7, 11) is 5.71.